The lowest BCUT2D eigenvalue weighted by Crippen LogP contribution is -2.00. The van der Waals surface area contributed by atoms with Crippen molar-refractivity contribution in [2.45, 2.75) is 32.6 Å². The van der Waals surface area contributed by atoms with Crippen molar-refractivity contribution in [2.24, 2.45) is 0 Å². The average molecular weight is 222 g/mol. The van der Waals surface area contributed by atoms with E-state index < -0.39 is 0 Å². The fraction of sp³-hybridized carbons (Fsp3) is 0.429. The Bertz CT molecular complexity index is 334. The van der Waals surface area contributed by atoms with Gasteiger partial charge in [0.05, 0.1) is 6.61 Å². The second-order valence-corrected chi connectivity index (χ2v) is 3.80. The van der Waals surface area contributed by atoms with Crippen LogP contribution in [0.15, 0.2) is 30.9 Å². The highest BCUT2D eigenvalue weighted by atomic mass is 19.1. The Morgan fingerprint density at radius 2 is 2.19 bits per heavy atom. The molecule has 0 aliphatic rings. The first-order valence-electron chi connectivity index (χ1n) is 5.80. The third-order valence-electron chi connectivity index (χ3n) is 2.40. The monoisotopic (exact) mass is 222 g/mol. The number of hydrogen-bond donors (Lipinski definition) is 0. The minimum absolute atomic E-state index is 0.252. The molecule has 1 nitrogen and oxygen atoms in total. The number of benzene rings is 1. The topological polar surface area (TPSA) is 9.23 Å². The maximum Gasteiger partial charge on any atom is 0.126 e. The zero-order valence-electron chi connectivity index (χ0n) is 9.84. The Hall–Kier alpha value is -1.31. The van der Waals surface area contributed by atoms with Gasteiger partial charge in [0, 0.05) is 6.07 Å². The minimum Gasteiger partial charge on any atom is -0.493 e. The fourth-order valence-corrected chi connectivity index (χ4v) is 1.52. The van der Waals surface area contributed by atoms with Crippen molar-refractivity contribution in [1.82, 2.24) is 0 Å². The molecule has 0 amide bonds. The second kappa shape index (κ2) is 7.04. The lowest BCUT2D eigenvalue weighted by molar-refractivity contribution is 0.302. The van der Waals surface area contributed by atoms with Crippen LogP contribution in [0.25, 0.3) is 0 Å². The summed E-state index contributed by atoms with van der Waals surface area (Å²) in [5.41, 5.74) is 0.993. The normalized spacial score (nSPS) is 10.1. The fourth-order valence-electron chi connectivity index (χ4n) is 1.52. The molecule has 1 rings (SSSR count). The van der Waals surface area contributed by atoms with E-state index in [0.717, 1.165) is 24.8 Å². The molecule has 16 heavy (non-hydrogen) atoms. The number of allylic oxidation sites excluding steroid dienone is 1. The summed E-state index contributed by atoms with van der Waals surface area (Å²) in [5, 5.41) is 0. The van der Waals surface area contributed by atoms with Gasteiger partial charge in [-0.2, -0.15) is 0 Å². The number of halogens is 1. The van der Waals surface area contributed by atoms with Gasteiger partial charge < -0.3 is 4.74 Å². The molecular formula is C14H19FO. The highest BCUT2D eigenvalue weighted by molar-refractivity contribution is 5.35. The van der Waals surface area contributed by atoms with Gasteiger partial charge in [-0.25, -0.2) is 4.39 Å². The molecule has 1 aromatic carbocycles. The predicted molar refractivity (Wildman–Crippen MR) is 65.3 cm³/mol. The number of rotatable bonds is 7. The minimum atomic E-state index is -0.252. The summed E-state index contributed by atoms with van der Waals surface area (Å²) in [5.74, 6) is 0.398. The highest BCUT2D eigenvalue weighted by Crippen LogP contribution is 2.21. The van der Waals surface area contributed by atoms with E-state index >= 15 is 0 Å². The summed E-state index contributed by atoms with van der Waals surface area (Å²) < 4.78 is 18.6. The van der Waals surface area contributed by atoms with E-state index in [0.29, 0.717) is 18.8 Å². The van der Waals surface area contributed by atoms with Crippen LogP contribution < -0.4 is 4.74 Å². The van der Waals surface area contributed by atoms with Crippen LogP contribution in [-0.2, 0) is 6.42 Å². The smallest absolute Gasteiger partial charge is 0.126 e. The van der Waals surface area contributed by atoms with Crippen molar-refractivity contribution in [3.8, 4) is 5.75 Å². The van der Waals surface area contributed by atoms with E-state index in [4.69, 9.17) is 4.74 Å². The Labute approximate surface area is 96.9 Å². The van der Waals surface area contributed by atoms with Crippen molar-refractivity contribution in [3.05, 3.63) is 42.2 Å². The lowest BCUT2D eigenvalue weighted by atomic mass is 10.1. The van der Waals surface area contributed by atoms with Crippen molar-refractivity contribution >= 4 is 0 Å². The molecular weight excluding hydrogens is 203 g/mol. The molecule has 0 atom stereocenters. The average Bonchev–Trinajstić information content (AvgIpc) is 2.28. The van der Waals surface area contributed by atoms with Gasteiger partial charge in [0.15, 0.2) is 0 Å². The zero-order chi connectivity index (χ0) is 11.8. The molecule has 0 spiro atoms. The molecule has 0 aliphatic heterocycles. The molecule has 0 fully saturated rings. The first-order valence-corrected chi connectivity index (χ1v) is 5.80. The van der Waals surface area contributed by atoms with Gasteiger partial charge in [-0.05, 0) is 24.5 Å². The summed E-state index contributed by atoms with van der Waals surface area (Å²) >= 11 is 0. The van der Waals surface area contributed by atoms with E-state index in [1.54, 1.807) is 12.1 Å². The first-order chi connectivity index (χ1) is 7.77. The summed E-state index contributed by atoms with van der Waals surface area (Å²) in [6, 6.07) is 4.66. The molecule has 2 heteroatoms. The molecule has 88 valence electrons. The van der Waals surface area contributed by atoms with Gasteiger partial charge in [-0.15, -0.1) is 6.58 Å². The molecule has 1 aromatic rings. The number of hydrogen-bond acceptors (Lipinski definition) is 1. The Balaban J connectivity index is 2.60. The zero-order valence-corrected chi connectivity index (χ0v) is 9.84. The Kier molecular flexibility index (Phi) is 5.62. The van der Waals surface area contributed by atoms with Crippen LogP contribution in [0, 0.1) is 5.82 Å². The third kappa shape index (κ3) is 4.05. The van der Waals surface area contributed by atoms with Crippen molar-refractivity contribution < 1.29 is 9.13 Å². The maximum absolute atomic E-state index is 13.1. The maximum atomic E-state index is 13.1. The van der Waals surface area contributed by atoms with Crippen molar-refractivity contribution in [1.29, 1.82) is 0 Å². The van der Waals surface area contributed by atoms with Crippen LogP contribution in [0.1, 0.15) is 31.7 Å². The lowest BCUT2D eigenvalue weighted by Gasteiger charge is -2.10. The Morgan fingerprint density at radius 3 is 2.88 bits per heavy atom. The molecule has 0 saturated heterocycles. The van der Waals surface area contributed by atoms with Gasteiger partial charge >= 0.3 is 0 Å². The predicted octanol–water partition coefficient (Wildman–Crippen LogP) is 4.12. The van der Waals surface area contributed by atoms with Gasteiger partial charge in [-0.3, -0.25) is 0 Å². The quantitative estimate of drug-likeness (QED) is 0.498. The van der Waals surface area contributed by atoms with Crippen LogP contribution in [0.2, 0.25) is 0 Å². The largest absolute Gasteiger partial charge is 0.493 e. The van der Waals surface area contributed by atoms with Crippen LogP contribution >= 0.6 is 0 Å². The van der Waals surface area contributed by atoms with Crippen molar-refractivity contribution in [2.75, 3.05) is 6.61 Å². The van der Waals surface area contributed by atoms with Gasteiger partial charge in [0.2, 0.25) is 0 Å². The number of ether oxygens (including phenoxy) is 1. The third-order valence-corrected chi connectivity index (χ3v) is 2.40. The molecule has 0 N–H and O–H groups in total. The highest BCUT2D eigenvalue weighted by Gasteiger charge is 2.03. The summed E-state index contributed by atoms with van der Waals surface area (Å²) in [7, 11) is 0. The summed E-state index contributed by atoms with van der Waals surface area (Å²) in [6.07, 6.45) is 5.83. The summed E-state index contributed by atoms with van der Waals surface area (Å²) in [4.78, 5) is 0. The number of unbranched alkanes of at least 4 members (excludes halogenated alkanes) is 2. The summed E-state index contributed by atoms with van der Waals surface area (Å²) in [6.45, 7) is 6.48. The molecule has 0 unspecified atom stereocenters. The first kappa shape index (κ1) is 12.8. The van der Waals surface area contributed by atoms with Crippen LogP contribution in [0.5, 0.6) is 5.75 Å². The molecule has 0 bridgehead atoms. The Morgan fingerprint density at radius 1 is 1.38 bits per heavy atom. The van der Waals surface area contributed by atoms with E-state index in [9.17, 15) is 4.39 Å². The van der Waals surface area contributed by atoms with E-state index in [1.165, 1.54) is 12.1 Å². The van der Waals surface area contributed by atoms with Crippen LogP contribution in [-0.4, -0.2) is 6.61 Å². The van der Waals surface area contributed by atoms with Gasteiger partial charge in [-0.1, -0.05) is 31.9 Å². The van der Waals surface area contributed by atoms with Crippen LogP contribution in [0.3, 0.4) is 0 Å². The molecule has 0 heterocycles. The van der Waals surface area contributed by atoms with Crippen LogP contribution in [0.4, 0.5) is 4.39 Å². The standard InChI is InChI=1S/C14H19FO/c1-3-5-6-10-16-14-11-13(15)9-8-12(14)7-4-2/h4,8-9,11H,2-3,5-7,10H2,1H3. The molecule has 0 radical (unpaired) electrons. The van der Waals surface area contributed by atoms with Gasteiger partial charge in [0.25, 0.3) is 0 Å². The second-order valence-electron chi connectivity index (χ2n) is 3.80. The SMILES string of the molecule is C=CCc1ccc(F)cc1OCCCCC. The van der Waals surface area contributed by atoms with E-state index in [1.807, 2.05) is 0 Å². The van der Waals surface area contributed by atoms with E-state index in [-0.39, 0.29) is 5.82 Å². The molecule has 0 aliphatic carbocycles. The van der Waals surface area contributed by atoms with Gasteiger partial charge in [0.1, 0.15) is 11.6 Å². The van der Waals surface area contributed by atoms with E-state index in [2.05, 4.69) is 13.5 Å². The molecule has 0 saturated carbocycles. The molecule has 0 aromatic heterocycles. The van der Waals surface area contributed by atoms with Crippen molar-refractivity contribution in [3.63, 3.8) is 0 Å².